The maximum Gasteiger partial charge on any atom is 0.251 e. The van der Waals surface area contributed by atoms with Crippen LogP contribution in [-0.4, -0.2) is 24.9 Å². The van der Waals surface area contributed by atoms with E-state index < -0.39 is 0 Å². The van der Waals surface area contributed by atoms with Gasteiger partial charge in [0.25, 0.3) is 5.91 Å². The molecule has 0 aliphatic carbocycles. The smallest absolute Gasteiger partial charge is 0.251 e. The van der Waals surface area contributed by atoms with Gasteiger partial charge in [-0.2, -0.15) is 0 Å². The second kappa shape index (κ2) is 6.87. The summed E-state index contributed by atoms with van der Waals surface area (Å²) in [4.78, 5) is 26.5. The van der Waals surface area contributed by atoms with E-state index in [-0.39, 0.29) is 18.4 Å². The molecule has 1 heterocycles. The summed E-state index contributed by atoms with van der Waals surface area (Å²) >= 11 is 0. The Labute approximate surface area is 142 Å². The van der Waals surface area contributed by atoms with Crippen molar-refractivity contribution in [3.05, 3.63) is 65.7 Å². The van der Waals surface area contributed by atoms with Crippen molar-refractivity contribution in [1.29, 1.82) is 0 Å². The summed E-state index contributed by atoms with van der Waals surface area (Å²) in [7, 11) is 0. The molecule has 1 unspecified atom stereocenters. The second-order valence-corrected chi connectivity index (χ2v) is 6.46. The van der Waals surface area contributed by atoms with Crippen LogP contribution in [0.3, 0.4) is 0 Å². The van der Waals surface area contributed by atoms with E-state index in [0.29, 0.717) is 23.9 Å². The van der Waals surface area contributed by atoms with Gasteiger partial charge in [-0.25, -0.2) is 0 Å². The Balaban J connectivity index is 1.69. The zero-order valence-electron chi connectivity index (χ0n) is 14.0. The molecule has 1 aliphatic rings. The molecule has 24 heavy (non-hydrogen) atoms. The van der Waals surface area contributed by atoms with Crippen molar-refractivity contribution in [2.75, 3.05) is 18.0 Å². The third-order valence-electron chi connectivity index (χ3n) is 4.55. The Morgan fingerprint density at radius 2 is 1.75 bits per heavy atom. The maximum absolute atomic E-state index is 12.6. The van der Waals surface area contributed by atoms with Gasteiger partial charge in [0.05, 0.1) is 6.54 Å². The molecule has 1 atom stereocenters. The van der Waals surface area contributed by atoms with Crippen molar-refractivity contribution >= 4 is 17.5 Å². The Morgan fingerprint density at radius 1 is 1.08 bits per heavy atom. The van der Waals surface area contributed by atoms with Crippen molar-refractivity contribution in [2.24, 2.45) is 5.92 Å². The van der Waals surface area contributed by atoms with Crippen molar-refractivity contribution < 1.29 is 9.59 Å². The lowest BCUT2D eigenvalue weighted by atomic mass is 9.90. The lowest BCUT2D eigenvalue weighted by Crippen LogP contribution is -2.40. The van der Waals surface area contributed by atoms with Crippen molar-refractivity contribution in [2.45, 2.75) is 19.8 Å². The van der Waals surface area contributed by atoms with E-state index in [1.54, 1.807) is 29.2 Å². The molecule has 3 rings (SSSR count). The molecule has 2 aromatic carbocycles. The number of hydrogen-bond donors (Lipinski definition) is 1. The fourth-order valence-electron chi connectivity index (χ4n) is 3.19. The summed E-state index contributed by atoms with van der Waals surface area (Å²) in [6.45, 7) is 5.03. The lowest BCUT2D eigenvalue weighted by molar-refractivity contribution is -0.117. The molecular formula is C20H22N2O2. The van der Waals surface area contributed by atoms with Gasteiger partial charge in [0.2, 0.25) is 5.91 Å². The van der Waals surface area contributed by atoms with E-state index in [0.717, 1.165) is 5.69 Å². The maximum atomic E-state index is 12.6. The molecule has 0 bridgehead atoms. The summed E-state index contributed by atoms with van der Waals surface area (Å²) in [5.41, 5.74) is 2.75. The minimum absolute atomic E-state index is 0.00682. The van der Waals surface area contributed by atoms with Gasteiger partial charge in [-0.05, 0) is 29.7 Å². The topological polar surface area (TPSA) is 49.4 Å². The molecule has 0 radical (unpaired) electrons. The third kappa shape index (κ3) is 3.18. The highest BCUT2D eigenvalue weighted by Gasteiger charge is 2.33. The highest BCUT2D eigenvalue weighted by Crippen LogP contribution is 2.39. The number of amides is 2. The van der Waals surface area contributed by atoms with Crippen LogP contribution in [0.4, 0.5) is 5.69 Å². The molecule has 0 aromatic heterocycles. The first-order valence-electron chi connectivity index (χ1n) is 8.30. The van der Waals surface area contributed by atoms with Crippen LogP contribution in [0.1, 0.15) is 35.7 Å². The fraction of sp³-hybridized carbons (Fsp3) is 0.300. The molecule has 4 heteroatoms. The van der Waals surface area contributed by atoms with E-state index in [9.17, 15) is 9.59 Å². The average Bonchev–Trinajstić information content (AvgIpc) is 3.00. The van der Waals surface area contributed by atoms with E-state index >= 15 is 0 Å². The van der Waals surface area contributed by atoms with Gasteiger partial charge in [0, 0.05) is 23.7 Å². The molecule has 2 aromatic rings. The van der Waals surface area contributed by atoms with E-state index in [4.69, 9.17) is 0 Å². The van der Waals surface area contributed by atoms with Crippen molar-refractivity contribution in [3.8, 4) is 0 Å². The van der Waals surface area contributed by atoms with E-state index in [1.807, 2.05) is 24.3 Å². The number of anilines is 1. The Kier molecular flexibility index (Phi) is 4.65. The van der Waals surface area contributed by atoms with Crippen LogP contribution in [0, 0.1) is 5.92 Å². The predicted molar refractivity (Wildman–Crippen MR) is 95.1 cm³/mol. The van der Waals surface area contributed by atoms with Gasteiger partial charge in [-0.3, -0.25) is 9.59 Å². The Morgan fingerprint density at radius 3 is 2.46 bits per heavy atom. The number of benzene rings is 2. The molecular weight excluding hydrogens is 300 g/mol. The number of carbonyl (C=O) groups excluding carboxylic acids is 2. The van der Waals surface area contributed by atoms with E-state index in [1.165, 1.54) is 5.56 Å². The number of para-hydroxylation sites is 1. The first-order valence-corrected chi connectivity index (χ1v) is 8.30. The van der Waals surface area contributed by atoms with Crippen LogP contribution >= 0.6 is 0 Å². The highest BCUT2D eigenvalue weighted by atomic mass is 16.2. The average molecular weight is 322 g/mol. The number of nitrogens with zero attached hydrogens (tertiary/aromatic N) is 1. The first kappa shape index (κ1) is 16.2. The Bertz CT molecular complexity index is 740. The molecule has 4 nitrogen and oxygen atoms in total. The fourth-order valence-corrected chi connectivity index (χ4v) is 3.19. The molecule has 0 saturated heterocycles. The standard InChI is InChI=1S/C20H22N2O2/c1-14(2)17-13-22(18-11-7-6-10-16(17)18)19(23)12-21-20(24)15-8-4-3-5-9-15/h3-11,14,17H,12-13H2,1-2H3,(H,21,24). The van der Waals surface area contributed by atoms with Crippen molar-refractivity contribution in [1.82, 2.24) is 5.32 Å². The van der Waals surface area contributed by atoms with Crippen LogP contribution in [-0.2, 0) is 4.79 Å². The summed E-state index contributed by atoms with van der Waals surface area (Å²) < 4.78 is 0. The number of carbonyl (C=O) groups is 2. The second-order valence-electron chi connectivity index (χ2n) is 6.46. The largest absolute Gasteiger partial charge is 0.343 e. The van der Waals surface area contributed by atoms with Gasteiger partial charge >= 0.3 is 0 Å². The quantitative estimate of drug-likeness (QED) is 0.940. The number of hydrogen-bond acceptors (Lipinski definition) is 2. The molecule has 1 aliphatic heterocycles. The highest BCUT2D eigenvalue weighted by molar-refractivity contribution is 6.01. The molecule has 0 fully saturated rings. The Hall–Kier alpha value is -2.62. The van der Waals surface area contributed by atoms with Crippen LogP contribution < -0.4 is 10.2 Å². The van der Waals surface area contributed by atoms with Gasteiger partial charge in [0.15, 0.2) is 0 Å². The molecule has 1 N–H and O–H groups in total. The molecule has 2 amide bonds. The normalized spacial score (nSPS) is 16.1. The van der Waals surface area contributed by atoms with Gasteiger partial charge in [0.1, 0.15) is 0 Å². The molecule has 0 spiro atoms. The summed E-state index contributed by atoms with van der Waals surface area (Å²) in [6, 6.07) is 17.0. The predicted octanol–water partition coefficient (Wildman–Crippen LogP) is 3.20. The third-order valence-corrected chi connectivity index (χ3v) is 4.55. The zero-order valence-corrected chi connectivity index (χ0v) is 14.0. The SMILES string of the molecule is CC(C)C1CN(C(=O)CNC(=O)c2ccccc2)c2ccccc21. The molecule has 0 saturated carbocycles. The van der Waals surface area contributed by atoms with Crippen molar-refractivity contribution in [3.63, 3.8) is 0 Å². The lowest BCUT2D eigenvalue weighted by Gasteiger charge is -2.19. The zero-order chi connectivity index (χ0) is 17.1. The minimum Gasteiger partial charge on any atom is -0.343 e. The van der Waals surface area contributed by atoms with Gasteiger partial charge < -0.3 is 10.2 Å². The van der Waals surface area contributed by atoms with E-state index in [2.05, 4.69) is 25.2 Å². The molecule has 124 valence electrons. The number of fused-ring (bicyclic) bond motifs is 1. The summed E-state index contributed by atoms with van der Waals surface area (Å²) in [5, 5.41) is 2.72. The monoisotopic (exact) mass is 322 g/mol. The summed E-state index contributed by atoms with van der Waals surface area (Å²) in [5.74, 6) is 0.504. The summed E-state index contributed by atoms with van der Waals surface area (Å²) in [6.07, 6.45) is 0. The number of rotatable bonds is 4. The van der Waals surface area contributed by atoms with Crippen LogP contribution in [0.2, 0.25) is 0 Å². The number of nitrogens with one attached hydrogen (secondary N) is 1. The van der Waals surface area contributed by atoms with Crippen LogP contribution in [0.5, 0.6) is 0 Å². The first-order chi connectivity index (χ1) is 11.6. The van der Waals surface area contributed by atoms with Crippen LogP contribution in [0.15, 0.2) is 54.6 Å². The van der Waals surface area contributed by atoms with Gasteiger partial charge in [-0.15, -0.1) is 0 Å². The van der Waals surface area contributed by atoms with Gasteiger partial charge in [-0.1, -0.05) is 50.2 Å². The minimum atomic E-state index is -0.225. The van der Waals surface area contributed by atoms with Crippen LogP contribution in [0.25, 0.3) is 0 Å².